The average molecular weight is 433 g/mol. The molecule has 0 unspecified atom stereocenters. The summed E-state index contributed by atoms with van der Waals surface area (Å²) >= 11 is 1.37. The van der Waals surface area contributed by atoms with Crippen LogP contribution in [-0.2, 0) is 11.2 Å². The van der Waals surface area contributed by atoms with Gasteiger partial charge in [-0.15, -0.1) is 10.2 Å². The fourth-order valence-corrected chi connectivity index (χ4v) is 4.04. The number of carbonyl (C=O) groups is 2. The van der Waals surface area contributed by atoms with Crippen LogP contribution in [0.4, 0.5) is 5.13 Å². The van der Waals surface area contributed by atoms with Crippen molar-refractivity contribution in [3.63, 3.8) is 0 Å². The number of ether oxygens (including phenoxy) is 2. The van der Waals surface area contributed by atoms with E-state index in [-0.39, 0.29) is 18.4 Å². The molecule has 2 heterocycles. The van der Waals surface area contributed by atoms with Crippen LogP contribution in [0.25, 0.3) is 0 Å². The van der Waals surface area contributed by atoms with Gasteiger partial charge in [0.1, 0.15) is 5.01 Å². The molecule has 2 amide bonds. The van der Waals surface area contributed by atoms with E-state index >= 15 is 0 Å². The SMILES string of the molecule is CCCc1nnc(NC(=O)c2ccc(OCC(=O)N3CCCCC3)c(OCC)c2)s1. The molecule has 0 spiro atoms. The third-order valence-corrected chi connectivity index (χ3v) is 5.62. The lowest BCUT2D eigenvalue weighted by Crippen LogP contribution is -2.38. The summed E-state index contributed by atoms with van der Waals surface area (Å²) in [6.45, 7) is 5.86. The van der Waals surface area contributed by atoms with Crippen molar-refractivity contribution in [3.05, 3.63) is 28.8 Å². The normalized spacial score (nSPS) is 13.7. The fraction of sp³-hybridized carbons (Fsp3) is 0.524. The van der Waals surface area contributed by atoms with Gasteiger partial charge in [0.2, 0.25) is 5.13 Å². The van der Waals surface area contributed by atoms with Gasteiger partial charge in [-0.2, -0.15) is 0 Å². The largest absolute Gasteiger partial charge is 0.490 e. The van der Waals surface area contributed by atoms with Crippen LogP contribution in [0.2, 0.25) is 0 Å². The van der Waals surface area contributed by atoms with E-state index in [1.165, 1.54) is 17.8 Å². The maximum absolute atomic E-state index is 12.6. The molecule has 8 nitrogen and oxygen atoms in total. The molecule has 30 heavy (non-hydrogen) atoms. The van der Waals surface area contributed by atoms with E-state index in [0.717, 1.165) is 43.8 Å². The van der Waals surface area contributed by atoms with Gasteiger partial charge in [0.15, 0.2) is 18.1 Å². The van der Waals surface area contributed by atoms with Crippen molar-refractivity contribution in [1.29, 1.82) is 0 Å². The average Bonchev–Trinajstić information content (AvgIpc) is 3.20. The molecule has 1 N–H and O–H groups in total. The monoisotopic (exact) mass is 432 g/mol. The van der Waals surface area contributed by atoms with Crippen LogP contribution < -0.4 is 14.8 Å². The first-order chi connectivity index (χ1) is 14.6. The summed E-state index contributed by atoms with van der Waals surface area (Å²) in [6, 6.07) is 4.92. The molecule has 1 aliphatic rings. The number of aromatic nitrogens is 2. The second kappa shape index (κ2) is 10.9. The van der Waals surface area contributed by atoms with Crippen molar-refractivity contribution < 1.29 is 19.1 Å². The zero-order valence-electron chi connectivity index (χ0n) is 17.5. The number of benzene rings is 1. The summed E-state index contributed by atoms with van der Waals surface area (Å²) in [7, 11) is 0. The Labute approximate surface area is 180 Å². The number of hydrogen-bond acceptors (Lipinski definition) is 7. The molecule has 0 aliphatic carbocycles. The quantitative estimate of drug-likeness (QED) is 0.651. The van der Waals surface area contributed by atoms with Gasteiger partial charge in [-0.05, 0) is 50.8 Å². The highest BCUT2D eigenvalue weighted by atomic mass is 32.1. The van der Waals surface area contributed by atoms with Crippen LogP contribution in [0.15, 0.2) is 18.2 Å². The van der Waals surface area contributed by atoms with Crippen LogP contribution in [0.1, 0.15) is 54.9 Å². The van der Waals surface area contributed by atoms with Gasteiger partial charge in [-0.1, -0.05) is 18.3 Å². The molecule has 0 radical (unpaired) electrons. The van der Waals surface area contributed by atoms with E-state index in [1.807, 2.05) is 11.8 Å². The first-order valence-electron chi connectivity index (χ1n) is 10.4. The van der Waals surface area contributed by atoms with Crippen molar-refractivity contribution in [1.82, 2.24) is 15.1 Å². The van der Waals surface area contributed by atoms with Crippen LogP contribution >= 0.6 is 11.3 Å². The molecular weight excluding hydrogens is 404 g/mol. The van der Waals surface area contributed by atoms with Crippen LogP contribution in [-0.4, -0.2) is 53.2 Å². The molecule has 1 aliphatic heterocycles. The molecule has 162 valence electrons. The second-order valence-electron chi connectivity index (χ2n) is 7.03. The highest BCUT2D eigenvalue weighted by Crippen LogP contribution is 2.29. The maximum atomic E-state index is 12.6. The second-order valence-corrected chi connectivity index (χ2v) is 8.09. The van der Waals surface area contributed by atoms with Gasteiger partial charge < -0.3 is 14.4 Å². The number of piperidine rings is 1. The van der Waals surface area contributed by atoms with Gasteiger partial charge in [0.25, 0.3) is 11.8 Å². The first-order valence-corrected chi connectivity index (χ1v) is 11.2. The van der Waals surface area contributed by atoms with Crippen molar-refractivity contribution in [2.75, 3.05) is 31.6 Å². The number of nitrogens with one attached hydrogen (secondary N) is 1. The highest BCUT2D eigenvalue weighted by molar-refractivity contribution is 7.15. The Morgan fingerprint density at radius 3 is 2.63 bits per heavy atom. The minimum absolute atomic E-state index is 0.0295. The number of likely N-dealkylation sites (tertiary alicyclic amines) is 1. The molecule has 9 heteroatoms. The molecule has 1 aromatic heterocycles. The summed E-state index contributed by atoms with van der Waals surface area (Å²) in [5.41, 5.74) is 0.417. The summed E-state index contributed by atoms with van der Waals surface area (Å²) in [6.07, 6.45) is 5.05. The Morgan fingerprint density at radius 1 is 1.10 bits per heavy atom. The summed E-state index contributed by atoms with van der Waals surface area (Å²) in [5.74, 6) is 0.546. The highest BCUT2D eigenvalue weighted by Gasteiger charge is 2.19. The van der Waals surface area contributed by atoms with E-state index in [0.29, 0.717) is 28.8 Å². The first kappa shape index (κ1) is 22.0. The Hall–Kier alpha value is -2.68. The predicted octanol–water partition coefficient (Wildman–Crippen LogP) is 3.53. The standard InChI is InChI=1S/C21H28N4O4S/c1-3-8-18-23-24-21(30-18)22-20(27)15-9-10-16(17(13-15)28-4-2)29-14-19(26)25-11-6-5-7-12-25/h9-10,13H,3-8,11-12,14H2,1-2H3,(H,22,24,27). The van der Waals surface area contributed by atoms with Gasteiger partial charge in [-0.3, -0.25) is 14.9 Å². The zero-order chi connectivity index (χ0) is 21.3. The Kier molecular flexibility index (Phi) is 8.01. The van der Waals surface area contributed by atoms with Crippen molar-refractivity contribution >= 4 is 28.3 Å². The molecule has 0 bridgehead atoms. The summed E-state index contributed by atoms with van der Waals surface area (Å²) in [5, 5.41) is 12.2. The Morgan fingerprint density at radius 2 is 1.90 bits per heavy atom. The molecule has 0 saturated carbocycles. The lowest BCUT2D eigenvalue weighted by Gasteiger charge is -2.26. The van der Waals surface area contributed by atoms with E-state index in [9.17, 15) is 9.59 Å². The van der Waals surface area contributed by atoms with Crippen molar-refractivity contribution in [2.45, 2.75) is 46.0 Å². The third-order valence-electron chi connectivity index (χ3n) is 4.72. The van der Waals surface area contributed by atoms with Crippen LogP contribution in [0.5, 0.6) is 11.5 Å². The molecular formula is C21H28N4O4S. The van der Waals surface area contributed by atoms with Crippen molar-refractivity contribution in [2.24, 2.45) is 0 Å². The molecule has 0 atom stereocenters. The minimum Gasteiger partial charge on any atom is -0.490 e. The molecule has 1 fully saturated rings. The lowest BCUT2D eigenvalue weighted by atomic mass is 10.1. The minimum atomic E-state index is -0.300. The predicted molar refractivity (Wildman–Crippen MR) is 115 cm³/mol. The Bertz CT molecular complexity index is 864. The van der Waals surface area contributed by atoms with E-state index in [1.54, 1.807) is 18.2 Å². The Balaban J connectivity index is 1.64. The van der Waals surface area contributed by atoms with E-state index in [2.05, 4.69) is 22.4 Å². The molecule has 1 saturated heterocycles. The third kappa shape index (κ3) is 5.91. The topological polar surface area (TPSA) is 93.7 Å². The van der Waals surface area contributed by atoms with Gasteiger partial charge >= 0.3 is 0 Å². The van der Waals surface area contributed by atoms with E-state index < -0.39 is 0 Å². The number of aryl methyl sites for hydroxylation is 1. The lowest BCUT2D eigenvalue weighted by molar-refractivity contribution is -0.134. The molecule has 3 rings (SSSR count). The molecule has 2 aromatic rings. The smallest absolute Gasteiger partial charge is 0.260 e. The van der Waals surface area contributed by atoms with E-state index in [4.69, 9.17) is 9.47 Å². The number of nitrogens with zero attached hydrogens (tertiary/aromatic N) is 3. The number of hydrogen-bond donors (Lipinski definition) is 1. The number of carbonyl (C=O) groups excluding carboxylic acids is 2. The summed E-state index contributed by atoms with van der Waals surface area (Å²) in [4.78, 5) is 26.8. The summed E-state index contributed by atoms with van der Waals surface area (Å²) < 4.78 is 11.4. The maximum Gasteiger partial charge on any atom is 0.260 e. The fourth-order valence-electron chi connectivity index (χ4n) is 3.20. The number of amides is 2. The van der Waals surface area contributed by atoms with Gasteiger partial charge in [0.05, 0.1) is 6.61 Å². The molecule has 1 aromatic carbocycles. The van der Waals surface area contributed by atoms with Crippen molar-refractivity contribution in [3.8, 4) is 11.5 Å². The van der Waals surface area contributed by atoms with Gasteiger partial charge in [-0.25, -0.2) is 0 Å². The van der Waals surface area contributed by atoms with Gasteiger partial charge in [0, 0.05) is 25.1 Å². The zero-order valence-corrected chi connectivity index (χ0v) is 18.3. The number of rotatable bonds is 9. The van der Waals surface area contributed by atoms with Crippen LogP contribution in [0, 0.1) is 0 Å². The number of anilines is 1. The van der Waals surface area contributed by atoms with Crippen LogP contribution in [0.3, 0.4) is 0 Å².